The summed E-state index contributed by atoms with van der Waals surface area (Å²) in [6.07, 6.45) is 1.06. The lowest BCUT2D eigenvalue weighted by atomic mass is 9.98. The van der Waals surface area contributed by atoms with Crippen LogP contribution in [0.5, 0.6) is 0 Å². The van der Waals surface area contributed by atoms with Crippen LogP contribution < -0.4 is 10.2 Å². The van der Waals surface area contributed by atoms with E-state index in [1.807, 2.05) is 0 Å². The SMILES string of the molecule is Cc1cccc(C(C)C)c1NC(=O)C[NH+]1CCc2ccccc2C1. The number of benzene rings is 2. The zero-order chi connectivity index (χ0) is 17.1. The highest BCUT2D eigenvalue weighted by Crippen LogP contribution is 2.27. The Morgan fingerprint density at radius 3 is 2.62 bits per heavy atom. The van der Waals surface area contributed by atoms with Gasteiger partial charge in [0.2, 0.25) is 0 Å². The Balaban J connectivity index is 1.67. The number of amides is 1. The van der Waals surface area contributed by atoms with Gasteiger partial charge in [0, 0.05) is 17.7 Å². The van der Waals surface area contributed by atoms with Gasteiger partial charge in [-0.05, 0) is 29.5 Å². The van der Waals surface area contributed by atoms with Crippen LogP contribution in [0.3, 0.4) is 0 Å². The van der Waals surface area contributed by atoms with Gasteiger partial charge in [-0.25, -0.2) is 0 Å². The average molecular weight is 323 g/mol. The van der Waals surface area contributed by atoms with Gasteiger partial charge in [0.15, 0.2) is 6.54 Å². The van der Waals surface area contributed by atoms with Crippen LogP contribution in [-0.4, -0.2) is 19.0 Å². The molecule has 24 heavy (non-hydrogen) atoms. The second-order valence-corrected chi connectivity index (χ2v) is 7.11. The normalized spacial score (nSPS) is 16.8. The van der Waals surface area contributed by atoms with Crippen molar-refractivity contribution in [2.75, 3.05) is 18.4 Å². The molecule has 0 radical (unpaired) electrons. The number of nitrogens with one attached hydrogen (secondary N) is 2. The van der Waals surface area contributed by atoms with Crippen molar-refractivity contribution < 1.29 is 9.69 Å². The van der Waals surface area contributed by atoms with Crippen LogP contribution in [0.15, 0.2) is 42.5 Å². The molecule has 3 rings (SSSR count). The molecule has 126 valence electrons. The Kier molecular flexibility index (Phi) is 5.00. The molecule has 3 heteroatoms. The van der Waals surface area contributed by atoms with E-state index in [0.29, 0.717) is 12.5 Å². The number of carbonyl (C=O) groups is 1. The highest BCUT2D eigenvalue weighted by atomic mass is 16.2. The molecule has 0 saturated heterocycles. The zero-order valence-electron chi connectivity index (χ0n) is 14.9. The minimum Gasteiger partial charge on any atom is -0.323 e. The van der Waals surface area contributed by atoms with Crippen LogP contribution in [0, 0.1) is 6.92 Å². The number of quaternary nitrogens is 1. The maximum Gasteiger partial charge on any atom is 0.279 e. The van der Waals surface area contributed by atoms with Crippen molar-refractivity contribution in [1.29, 1.82) is 0 Å². The predicted octanol–water partition coefficient (Wildman–Crippen LogP) is 2.70. The lowest BCUT2D eigenvalue weighted by Crippen LogP contribution is -3.12. The summed E-state index contributed by atoms with van der Waals surface area (Å²) in [5.41, 5.74) is 6.15. The van der Waals surface area contributed by atoms with Crippen molar-refractivity contribution in [2.45, 2.75) is 39.7 Å². The fourth-order valence-electron chi connectivity index (χ4n) is 3.55. The maximum atomic E-state index is 12.6. The summed E-state index contributed by atoms with van der Waals surface area (Å²) in [6, 6.07) is 14.8. The summed E-state index contributed by atoms with van der Waals surface area (Å²) < 4.78 is 0. The number of hydrogen-bond donors (Lipinski definition) is 2. The molecular formula is C21H27N2O+. The Bertz CT molecular complexity index is 736. The van der Waals surface area contributed by atoms with E-state index in [1.165, 1.54) is 21.6 Å². The number of para-hydroxylation sites is 1. The standard InChI is InChI=1S/C21H26N2O/c1-15(2)19-10-6-7-16(3)21(19)22-20(24)14-23-12-11-17-8-4-5-9-18(17)13-23/h4-10,15H,11-14H2,1-3H3,(H,22,24)/p+1. The number of anilines is 1. The van der Waals surface area contributed by atoms with E-state index >= 15 is 0 Å². The van der Waals surface area contributed by atoms with Crippen molar-refractivity contribution in [3.05, 3.63) is 64.7 Å². The van der Waals surface area contributed by atoms with Gasteiger partial charge in [0.1, 0.15) is 6.54 Å². The molecule has 1 amide bonds. The molecule has 0 aromatic heterocycles. The minimum absolute atomic E-state index is 0.112. The lowest BCUT2D eigenvalue weighted by molar-refractivity contribution is -0.907. The first kappa shape index (κ1) is 16.7. The summed E-state index contributed by atoms with van der Waals surface area (Å²) in [6.45, 7) is 8.88. The average Bonchev–Trinajstić information content (AvgIpc) is 2.56. The van der Waals surface area contributed by atoms with Crippen LogP contribution in [0.25, 0.3) is 0 Å². The van der Waals surface area contributed by atoms with Crippen molar-refractivity contribution in [3.63, 3.8) is 0 Å². The molecule has 2 N–H and O–H groups in total. The van der Waals surface area contributed by atoms with E-state index in [2.05, 4.69) is 68.6 Å². The molecule has 1 unspecified atom stereocenters. The van der Waals surface area contributed by atoms with Gasteiger partial charge in [-0.2, -0.15) is 0 Å². The van der Waals surface area contributed by atoms with Crippen molar-refractivity contribution in [2.24, 2.45) is 0 Å². The summed E-state index contributed by atoms with van der Waals surface area (Å²) >= 11 is 0. The number of hydrogen-bond acceptors (Lipinski definition) is 1. The second kappa shape index (κ2) is 7.18. The molecule has 0 saturated carbocycles. The first-order valence-corrected chi connectivity index (χ1v) is 8.84. The number of carbonyl (C=O) groups excluding carboxylic acids is 1. The summed E-state index contributed by atoms with van der Waals surface area (Å²) in [7, 11) is 0. The third kappa shape index (κ3) is 3.68. The molecule has 0 spiro atoms. The minimum atomic E-state index is 0.112. The lowest BCUT2D eigenvalue weighted by Gasteiger charge is -2.25. The Hall–Kier alpha value is -2.13. The second-order valence-electron chi connectivity index (χ2n) is 7.11. The molecular weight excluding hydrogens is 296 g/mol. The summed E-state index contributed by atoms with van der Waals surface area (Å²) in [5, 5.41) is 3.17. The summed E-state index contributed by atoms with van der Waals surface area (Å²) in [4.78, 5) is 13.9. The topological polar surface area (TPSA) is 33.5 Å². The molecule has 1 aliphatic rings. The van der Waals surface area contributed by atoms with E-state index in [0.717, 1.165) is 30.8 Å². The smallest absolute Gasteiger partial charge is 0.279 e. The highest BCUT2D eigenvalue weighted by Gasteiger charge is 2.22. The Morgan fingerprint density at radius 1 is 1.12 bits per heavy atom. The fourth-order valence-corrected chi connectivity index (χ4v) is 3.55. The first-order chi connectivity index (χ1) is 11.5. The fraction of sp³-hybridized carbons (Fsp3) is 0.381. The molecule has 2 aromatic rings. The third-order valence-electron chi connectivity index (χ3n) is 4.91. The molecule has 3 nitrogen and oxygen atoms in total. The molecule has 1 aliphatic heterocycles. The van der Waals surface area contributed by atoms with Crippen LogP contribution in [0.2, 0.25) is 0 Å². The predicted molar refractivity (Wildman–Crippen MR) is 98.4 cm³/mol. The van der Waals surface area contributed by atoms with Gasteiger partial charge in [-0.15, -0.1) is 0 Å². The van der Waals surface area contributed by atoms with Gasteiger partial charge in [-0.1, -0.05) is 56.3 Å². The van der Waals surface area contributed by atoms with Gasteiger partial charge < -0.3 is 10.2 Å². The number of rotatable bonds is 4. The van der Waals surface area contributed by atoms with Gasteiger partial charge >= 0.3 is 0 Å². The van der Waals surface area contributed by atoms with Gasteiger partial charge in [0.05, 0.1) is 6.54 Å². The Labute approximate surface area is 144 Å². The van der Waals surface area contributed by atoms with Crippen LogP contribution in [0.1, 0.15) is 42.0 Å². The van der Waals surface area contributed by atoms with Crippen LogP contribution in [0.4, 0.5) is 5.69 Å². The van der Waals surface area contributed by atoms with E-state index in [4.69, 9.17) is 0 Å². The van der Waals surface area contributed by atoms with E-state index in [-0.39, 0.29) is 5.91 Å². The monoisotopic (exact) mass is 323 g/mol. The molecule has 0 fully saturated rings. The van der Waals surface area contributed by atoms with E-state index in [9.17, 15) is 4.79 Å². The number of aryl methyl sites for hydroxylation is 1. The van der Waals surface area contributed by atoms with Crippen LogP contribution >= 0.6 is 0 Å². The van der Waals surface area contributed by atoms with Crippen molar-refractivity contribution >= 4 is 11.6 Å². The van der Waals surface area contributed by atoms with Crippen molar-refractivity contribution in [3.8, 4) is 0 Å². The number of fused-ring (bicyclic) bond motifs is 1. The molecule has 0 aliphatic carbocycles. The molecule has 1 atom stereocenters. The Morgan fingerprint density at radius 2 is 1.88 bits per heavy atom. The molecule has 0 bridgehead atoms. The van der Waals surface area contributed by atoms with Gasteiger partial charge in [-0.3, -0.25) is 4.79 Å². The third-order valence-corrected chi connectivity index (χ3v) is 4.91. The highest BCUT2D eigenvalue weighted by molar-refractivity contribution is 5.93. The quantitative estimate of drug-likeness (QED) is 0.891. The zero-order valence-corrected chi connectivity index (χ0v) is 14.9. The maximum absolute atomic E-state index is 12.6. The largest absolute Gasteiger partial charge is 0.323 e. The molecule has 2 aromatic carbocycles. The molecule has 1 heterocycles. The van der Waals surface area contributed by atoms with E-state index in [1.54, 1.807) is 0 Å². The van der Waals surface area contributed by atoms with Crippen molar-refractivity contribution in [1.82, 2.24) is 0 Å². The van der Waals surface area contributed by atoms with Crippen LogP contribution in [-0.2, 0) is 17.8 Å². The first-order valence-electron chi connectivity index (χ1n) is 8.84. The van der Waals surface area contributed by atoms with E-state index < -0.39 is 0 Å². The summed E-state index contributed by atoms with van der Waals surface area (Å²) in [5.74, 6) is 0.509. The van der Waals surface area contributed by atoms with Gasteiger partial charge in [0.25, 0.3) is 5.91 Å².